The number of aliphatic hydroxyl groups is 1. The predicted molar refractivity (Wildman–Crippen MR) is 92.3 cm³/mol. The molecule has 0 rings (SSSR count). The number of Topliss-reactive ketones (excluding diaryl/α,β-unsaturated/α-hetero) is 1. The first-order chi connectivity index (χ1) is 10.7. The number of hydrogen-bond acceptors (Lipinski definition) is 3. The molecule has 0 fully saturated rings. The van der Waals surface area contributed by atoms with Crippen molar-refractivity contribution in [3.63, 3.8) is 0 Å². The number of ketones is 1. The van der Waals surface area contributed by atoms with Crippen LogP contribution in [0.4, 0.5) is 0 Å². The van der Waals surface area contributed by atoms with Crippen LogP contribution < -0.4 is 0 Å². The number of likely N-dealkylation sites (N-methyl/N-ethyl adjacent to an activating group) is 1. The molecule has 136 valence electrons. The molecule has 2 N–H and O–H groups in total. The van der Waals surface area contributed by atoms with Gasteiger partial charge in [-0.05, 0) is 6.42 Å². The maximum absolute atomic E-state index is 12.1. The molecular formula is C18H36NO4+. The minimum Gasteiger partial charge on any atom is -0.481 e. The van der Waals surface area contributed by atoms with Gasteiger partial charge in [-0.3, -0.25) is 9.59 Å². The van der Waals surface area contributed by atoms with E-state index in [1.165, 1.54) is 32.1 Å². The fourth-order valence-corrected chi connectivity index (χ4v) is 2.77. The van der Waals surface area contributed by atoms with Crippen LogP contribution in [-0.4, -0.2) is 60.2 Å². The Morgan fingerprint density at radius 2 is 1.39 bits per heavy atom. The number of carboxylic acids is 1. The molecule has 0 saturated carbocycles. The third kappa shape index (κ3) is 11.3. The number of carbonyl (C=O) groups is 2. The third-order valence-electron chi connectivity index (χ3n) is 4.01. The minimum atomic E-state index is -1.29. The molecule has 0 aliphatic carbocycles. The number of aliphatic hydroxyl groups excluding tert-OH is 1. The van der Waals surface area contributed by atoms with Crippen molar-refractivity contribution in [3.8, 4) is 0 Å². The normalized spacial score (nSPS) is 14.5. The molecule has 0 amide bonds. The maximum atomic E-state index is 12.1. The Morgan fingerprint density at radius 3 is 1.83 bits per heavy atom. The van der Waals surface area contributed by atoms with Crippen LogP contribution >= 0.6 is 0 Å². The number of hydrogen-bond donors (Lipinski definition) is 2. The van der Waals surface area contributed by atoms with Gasteiger partial charge in [0.1, 0.15) is 24.3 Å². The summed E-state index contributed by atoms with van der Waals surface area (Å²) >= 11 is 0. The highest BCUT2D eigenvalue weighted by Gasteiger charge is 2.35. The second kappa shape index (κ2) is 11.6. The van der Waals surface area contributed by atoms with Crippen LogP contribution in [0.25, 0.3) is 0 Å². The Hall–Kier alpha value is -0.940. The Labute approximate surface area is 141 Å². The predicted octanol–water partition coefficient (Wildman–Crippen LogP) is 2.85. The van der Waals surface area contributed by atoms with E-state index >= 15 is 0 Å². The Kier molecular flexibility index (Phi) is 11.1. The van der Waals surface area contributed by atoms with Gasteiger partial charge in [0.05, 0.1) is 21.1 Å². The zero-order valence-electron chi connectivity index (χ0n) is 15.4. The number of carbonyl (C=O) groups excluding carboxylic acids is 1. The summed E-state index contributed by atoms with van der Waals surface area (Å²) in [4.78, 5) is 23.5. The molecule has 2 atom stereocenters. The summed E-state index contributed by atoms with van der Waals surface area (Å²) in [5.41, 5.74) is 0. The van der Waals surface area contributed by atoms with Gasteiger partial charge >= 0.3 is 5.97 Å². The maximum Gasteiger partial charge on any atom is 0.316 e. The lowest BCUT2D eigenvalue weighted by Crippen LogP contribution is -2.47. The highest BCUT2D eigenvalue weighted by Crippen LogP contribution is 2.15. The van der Waals surface area contributed by atoms with Crippen LogP contribution in [-0.2, 0) is 9.59 Å². The lowest BCUT2D eigenvalue weighted by molar-refractivity contribution is -0.873. The molecule has 0 radical (unpaired) electrons. The first-order valence-electron chi connectivity index (χ1n) is 8.93. The van der Waals surface area contributed by atoms with Gasteiger partial charge in [-0.15, -0.1) is 0 Å². The molecule has 0 aliphatic heterocycles. The van der Waals surface area contributed by atoms with Crippen molar-refractivity contribution < 1.29 is 24.3 Å². The van der Waals surface area contributed by atoms with Gasteiger partial charge in [-0.2, -0.15) is 0 Å². The van der Waals surface area contributed by atoms with Crippen molar-refractivity contribution in [2.24, 2.45) is 5.92 Å². The van der Waals surface area contributed by atoms with Crippen molar-refractivity contribution in [1.29, 1.82) is 0 Å². The summed E-state index contributed by atoms with van der Waals surface area (Å²) in [7, 11) is 5.60. The number of aliphatic carboxylic acids is 1. The van der Waals surface area contributed by atoms with E-state index in [0.29, 0.717) is 10.9 Å². The van der Waals surface area contributed by atoms with Gasteiger partial charge in [-0.1, -0.05) is 51.9 Å². The zero-order chi connectivity index (χ0) is 17.9. The largest absolute Gasteiger partial charge is 0.481 e. The van der Waals surface area contributed by atoms with E-state index in [1.54, 1.807) is 0 Å². The lowest BCUT2D eigenvalue weighted by atomic mass is 9.93. The van der Waals surface area contributed by atoms with E-state index in [9.17, 15) is 19.8 Å². The second-order valence-electron chi connectivity index (χ2n) is 7.55. The monoisotopic (exact) mass is 330 g/mol. The summed E-state index contributed by atoms with van der Waals surface area (Å²) in [6.45, 7) is 2.44. The summed E-state index contributed by atoms with van der Waals surface area (Å²) in [5.74, 6) is -2.85. The van der Waals surface area contributed by atoms with E-state index in [0.717, 1.165) is 12.8 Å². The van der Waals surface area contributed by atoms with Crippen molar-refractivity contribution in [3.05, 3.63) is 0 Å². The fraction of sp³-hybridized carbons (Fsp3) is 0.889. The van der Waals surface area contributed by atoms with Gasteiger partial charge in [-0.25, -0.2) is 0 Å². The fourth-order valence-electron chi connectivity index (χ4n) is 2.77. The van der Waals surface area contributed by atoms with Crippen molar-refractivity contribution in [2.45, 2.75) is 70.8 Å². The smallest absolute Gasteiger partial charge is 0.316 e. The summed E-state index contributed by atoms with van der Waals surface area (Å²) in [6, 6.07) is 0. The Balaban J connectivity index is 4.10. The highest BCUT2D eigenvalue weighted by molar-refractivity contribution is 5.98. The van der Waals surface area contributed by atoms with E-state index < -0.39 is 18.0 Å². The van der Waals surface area contributed by atoms with Crippen molar-refractivity contribution >= 4 is 11.8 Å². The molecule has 0 spiro atoms. The molecule has 0 aromatic rings. The van der Waals surface area contributed by atoms with Gasteiger partial charge in [0.15, 0.2) is 0 Å². The molecule has 0 saturated heterocycles. The first kappa shape index (κ1) is 22.1. The van der Waals surface area contributed by atoms with Crippen LogP contribution in [0.3, 0.4) is 0 Å². The number of quaternary nitrogens is 1. The molecular weight excluding hydrogens is 294 g/mol. The van der Waals surface area contributed by atoms with Crippen LogP contribution in [0.2, 0.25) is 0 Å². The number of rotatable bonds is 14. The average molecular weight is 330 g/mol. The van der Waals surface area contributed by atoms with Crippen LogP contribution in [0.5, 0.6) is 0 Å². The molecule has 0 aromatic carbocycles. The van der Waals surface area contributed by atoms with E-state index in [1.807, 2.05) is 21.1 Å². The molecule has 0 aromatic heterocycles. The second-order valence-corrected chi connectivity index (χ2v) is 7.55. The van der Waals surface area contributed by atoms with Gasteiger partial charge in [0, 0.05) is 6.42 Å². The molecule has 0 bridgehead atoms. The number of nitrogens with zero attached hydrogens (tertiary/aromatic N) is 1. The molecule has 0 aliphatic rings. The topological polar surface area (TPSA) is 74.6 Å². The minimum absolute atomic E-state index is 0.250. The molecule has 2 unspecified atom stereocenters. The standard InChI is InChI=1S/C18H35NO4/c1-5-6-7-8-9-10-11-12-13-15(20)17(18(22)23)16(21)14-19(2,3)4/h16-17,21H,5-14H2,1-4H3/p+1. The number of unbranched alkanes of at least 4 members (excludes halogenated alkanes) is 7. The Morgan fingerprint density at radius 1 is 0.913 bits per heavy atom. The highest BCUT2D eigenvalue weighted by atomic mass is 16.4. The molecule has 0 heterocycles. The summed E-state index contributed by atoms with van der Waals surface area (Å²) < 4.78 is 0.427. The van der Waals surface area contributed by atoms with Gasteiger partial charge in [0.25, 0.3) is 0 Å². The van der Waals surface area contributed by atoms with Crippen molar-refractivity contribution in [2.75, 3.05) is 27.7 Å². The zero-order valence-corrected chi connectivity index (χ0v) is 15.4. The van der Waals surface area contributed by atoms with Crippen LogP contribution in [0, 0.1) is 5.92 Å². The third-order valence-corrected chi connectivity index (χ3v) is 4.01. The molecule has 5 nitrogen and oxygen atoms in total. The summed E-state index contributed by atoms with van der Waals surface area (Å²) in [6.07, 6.45) is 8.09. The van der Waals surface area contributed by atoms with Gasteiger partial charge in [0.2, 0.25) is 0 Å². The molecule has 23 heavy (non-hydrogen) atoms. The van der Waals surface area contributed by atoms with E-state index in [2.05, 4.69) is 6.92 Å². The number of carboxylic acid groups (broad SMARTS) is 1. The summed E-state index contributed by atoms with van der Waals surface area (Å²) in [5, 5.41) is 19.3. The van der Waals surface area contributed by atoms with E-state index in [-0.39, 0.29) is 18.7 Å². The molecule has 5 heteroatoms. The van der Waals surface area contributed by atoms with E-state index in [4.69, 9.17) is 0 Å². The quantitative estimate of drug-likeness (QED) is 0.292. The first-order valence-corrected chi connectivity index (χ1v) is 8.93. The SMILES string of the molecule is CCCCCCCCCCC(=O)C(C(=O)O)C(O)C[N+](C)(C)C. The Bertz CT molecular complexity index is 349. The van der Waals surface area contributed by atoms with Crippen LogP contribution in [0.1, 0.15) is 64.7 Å². The lowest BCUT2D eigenvalue weighted by Gasteiger charge is -2.28. The van der Waals surface area contributed by atoms with Crippen LogP contribution in [0.15, 0.2) is 0 Å². The van der Waals surface area contributed by atoms with Gasteiger partial charge < -0.3 is 14.7 Å². The van der Waals surface area contributed by atoms with Crippen molar-refractivity contribution in [1.82, 2.24) is 0 Å². The average Bonchev–Trinajstić information content (AvgIpc) is 2.39.